The number of benzene rings is 1. The van der Waals surface area contributed by atoms with Crippen LogP contribution in [0, 0.1) is 6.92 Å². The highest BCUT2D eigenvalue weighted by Gasteiger charge is 2.13. The second kappa shape index (κ2) is 6.33. The van der Waals surface area contributed by atoms with Gasteiger partial charge >= 0.3 is 6.01 Å². The number of para-hydroxylation sites is 1. The Morgan fingerprint density at radius 1 is 1.26 bits per heavy atom. The molecule has 0 aliphatic carbocycles. The van der Waals surface area contributed by atoms with Gasteiger partial charge in [-0.05, 0) is 31.5 Å². The monoisotopic (exact) mass is 260 g/mol. The lowest BCUT2D eigenvalue weighted by Crippen LogP contribution is -2.14. The van der Waals surface area contributed by atoms with Crippen LogP contribution in [0.15, 0.2) is 28.7 Å². The smallest absolute Gasteiger partial charge is 0.322 e. The molecule has 1 N–H and O–H groups in total. The van der Waals surface area contributed by atoms with Crippen LogP contribution in [0.1, 0.15) is 24.8 Å². The van der Waals surface area contributed by atoms with Crippen LogP contribution < -0.4 is 10.2 Å². The van der Waals surface area contributed by atoms with Gasteiger partial charge in [0.25, 0.3) is 0 Å². The molecule has 0 bridgehead atoms. The molecule has 5 heteroatoms. The number of nitrogens with zero attached hydrogens (tertiary/aromatic N) is 3. The minimum Gasteiger partial charge on any atom is -0.406 e. The molecule has 0 spiro atoms. The van der Waals surface area contributed by atoms with E-state index in [-0.39, 0.29) is 0 Å². The van der Waals surface area contributed by atoms with Gasteiger partial charge in [0, 0.05) is 12.7 Å². The van der Waals surface area contributed by atoms with Crippen molar-refractivity contribution in [2.45, 2.75) is 26.8 Å². The standard InChI is InChI=1S/C14H20N4O/c1-4-9-15-10-13-16-17-14(19-13)18(3)12-8-6-5-7-11(12)2/h5-8,15H,4,9-10H2,1-3H3. The van der Waals surface area contributed by atoms with E-state index in [4.69, 9.17) is 4.42 Å². The number of anilines is 2. The summed E-state index contributed by atoms with van der Waals surface area (Å²) in [5.41, 5.74) is 2.24. The summed E-state index contributed by atoms with van der Waals surface area (Å²) in [6.45, 7) is 5.75. The molecule has 0 aliphatic heterocycles. The van der Waals surface area contributed by atoms with Crippen molar-refractivity contribution in [2.24, 2.45) is 0 Å². The van der Waals surface area contributed by atoms with E-state index in [2.05, 4.69) is 35.4 Å². The fourth-order valence-electron chi connectivity index (χ4n) is 1.87. The molecule has 102 valence electrons. The van der Waals surface area contributed by atoms with Crippen LogP contribution in [0.4, 0.5) is 11.7 Å². The zero-order chi connectivity index (χ0) is 13.7. The maximum absolute atomic E-state index is 5.64. The molecular formula is C14H20N4O. The fraction of sp³-hybridized carbons (Fsp3) is 0.429. The molecule has 0 saturated carbocycles. The Balaban J connectivity index is 2.08. The second-order valence-corrected chi connectivity index (χ2v) is 4.50. The first-order valence-corrected chi connectivity index (χ1v) is 6.55. The SMILES string of the molecule is CCCNCc1nnc(N(C)c2ccccc2C)o1. The molecule has 2 rings (SSSR count). The first-order chi connectivity index (χ1) is 9.22. The molecule has 0 atom stereocenters. The van der Waals surface area contributed by atoms with Crippen molar-refractivity contribution in [1.29, 1.82) is 0 Å². The van der Waals surface area contributed by atoms with Crippen LogP contribution in [-0.2, 0) is 6.54 Å². The Bertz CT molecular complexity index is 524. The van der Waals surface area contributed by atoms with Gasteiger partial charge in [0.1, 0.15) is 0 Å². The molecule has 5 nitrogen and oxygen atoms in total. The Hall–Kier alpha value is -1.88. The molecule has 0 radical (unpaired) electrons. The van der Waals surface area contributed by atoms with E-state index in [9.17, 15) is 0 Å². The quantitative estimate of drug-likeness (QED) is 0.809. The Morgan fingerprint density at radius 2 is 2.05 bits per heavy atom. The maximum atomic E-state index is 5.64. The highest BCUT2D eigenvalue weighted by atomic mass is 16.4. The van der Waals surface area contributed by atoms with Gasteiger partial charge in [-0.15, -0.1) is 5.10 Å². The molecule has 0 unspecified atom stereocenters. The average molecular weight is 260 g/mol. The zero-order valence-electron chi connectivity index (χ0n) is 11.7. The van der Waals surface area contributed by atoms with Crippen LogP contribution >= 0.6 is 0 Å². The summed E-state index contributed by atoms with van der Waals surface area (Å²) in [7, 11) is 1.93. The largest absolute Gasteiger partial charge is 0.406 e. The van der Waals surface area contributed by atoms with Crippen LogP contribution in [-0.4, -0.2) is 23.8 Å². The zero-order valence-corrected chi connectivity index (χ0v) is 11.7. The van der Waals surface area contributed by atoms with Crippen molar-refractivity contribution in [1.82, 2.24) is 15.5 Å². The maximum Gasteiger partial charge on any atom is 0.322 e. The third kappa shape index (κ3) is 3.32. The second-order valence-electron chi connectivity index (χ2n) is 4.50. The molecule has 19 heavy (non-hydrogen) atoms. The normalized spacial score (nSPS) is 10.7. The number of aromatic nitrogens is 2. The third-order valence-electron chi connectivity index (χ3n) is 2.92. The molecule has 0 amide bonds. The summed E-state index contributed by atoms with van der Waals surface area (Å²) < 4.78 is 5.64. The van der Waals surface area contributed by atoms with E-state index in [1.165, 1.54) is 5.56 Å². The van der Waals surface area contributed by atoms with Crippen LogP contribution in [0.3, 0.4) is 0 Å². The van der Waals surface area contributed by atoms with E-state index in [0.29, 0.717) is 18.5 Å². The number of aryl methyl sites for hydroxylation is 1. The molecular weight excluding hydrogens is 240 g/mol. The van der Waals surface area contributed by atoms with Gasteiger partial charge < -0.3 is 9.73 Å². The predicted molar refractivity (Wildman–Crippen MR) is 75.5 cm³/mol. The number of hydrogen-bond acceptors (Lipinski definition) is 5. The molecule has 1 aromatic heterocycles. The number of rotatable bonds is 6. The summed E-state index contributed by atoms with van der Waals surface area (Å²) in [6, 6.07) is 8.63. The molecule has 1 aromatic carbocycles. The van der Waals surface area contributed by atoms with Gasteiger partial charge in [-0.25, -0.2) is 0 Å². The lowest BCUT2D eigenvalue weighted by molar-refractivity contribution is 0.472. The van der Waals surface area contributed by atoms with Crippen molar-refractivity contribution in [3.63, 3.8) is 0 Å². The summed E-state index contributed by atoms with van der Waals surface area (Å²) in [6.07, 6.45) is 1.09. The van der Waals surface area contributed by atoms with Gasteiger partial charge in [0.2, 0.25) is 5.89 Å². The minimum absolute atomic E-state index is 0.516. The Kier molecular flexibility index (Phi) is 4.52. The highest BCUT2D eigenvalue weighted by molar-refractivity contribution is 5.59. The fourth-order valence-corrected chi connectivity index (χ4v) is 1.87. The first kappa shape index (κ1) is 13.5. The van der Waals surface area contributed by atoms with Gasteiger partial charge in [-0.1, -0.05) is 30.2 Å². The molecule has 2 aromatic rings. The first-order valence-electron chi connectivity index (χ1n) is 6.55. The van der Waals surface area contributed by atoms with Crippen molar-refractivity contribution < 1.29 is 4.42 Å². The van der Waals surface area contributed by atoms with Crippen LogP contribution in [0.2, 0.25) is 0 Å². The van der Waals surface area contributed by atoms with Crippen LogP contribution in [0.25, 0.3) is 0 Å². The van der Waals surface area contributed by atoms with E-state index < -0.39 is 0 Å². The van der Waals surface area contributed by atoms with Crippen molar-refractivity contribution >= 4 is 11.7 Å². The average Bonchev–Trinajstić information content (AvgIpc) is 2.88. The summed E-state index contributed by atoms with van der Waals surface area (Å²) in [5.74, 6) is 0.615. The van der Waals surface area contributed by atoms with Gasteiger partial charge in [-0.3, -0.25) is 4.90 Å². The van der Waals surface area contributed by atoms with Gasteiger partial charge in [0.15, 0.2) is 0 Å². The molecule has 0 fully saturated rings. The van der Waals surface area contributed by atoms with Crippen molar-refractivity contribution in [3.8, 4) is 0 Å². The van der Waals surface area contributed by atoms with E-state index in [1.807, 2.05) is 30.1 Å². The van der Waals surface area contributed by atoms with Gasteiger partial charge in [-0.2, -0.15) is 0 Å². The Morgan fingerprint density at radius 3 is 2.79 bits per heavy atom. The molecule has 0 aliphatic rings. The topological polar surface area (TPSA) is 54.2 Å². The number of nitrogens with one attached hydrogen (secondary N) is 1. The third-order valence-corrected chi connectivity index (χ3v) is 2.92. The lowest BCUT2D eigenvalue weighted by atomic mass is 10.2. The summed E-state index contributed by atoms with van der Waals surface area (Å²) >= 11 is 0. The Labute approximate surface area is 113 Å². The van der Waals surface area contributed by atoms with Gasteiger partial charge in [0.05, 0.1) is 6.54 Å². The predicted octanol–water partition coefficient (Wildman–Crippen LogP) is 2.65. The van der Waals surface area contributed by atoms with Crippen molar-refractivity contribution in [3.05, 3.63) is 35.7 Å². The van der Waals surface area contributed by atoms with Crippen LogP contribution in [0.5, 0.6) is 0 Å². The lowest BCUT2D eigenvalue weighted by Gasteiger charge is -2.16. The van der Waals surface area contributed by atoms with E-state index >= 15 is 0 Å². The van der Waals surface area contributed by atoms with E-state index in [1.54, 1.807) is 0 Å². The molecule has 0 saturated heterocycles. The minimum atomic E-state index is 0.516. The number of hydrogen-bond donors (Lipinski definition) is 1. The van der Waals surface area contributed by atoms with Crippen molar-refractivity contribution in [2.75, 3.05) is 18.5 Å². The molecule has 1 heterocycles. The summed E-state index contributed by atoms with van der Waals surface area (Å²) in [4.78, 5) is 1.91. The highest BCUT2D eigenvalue weighted by Crippen LogP contribution is 2.25. The van der Waals surface area contributed by atoms with E-state index in [0.717, 1.165) is 18.7 Å². The summed E-state index contributed by atoms with van der Waals surface area (Å²) in [5, 5.41) is 11.4.